The van der Waals surface area contributed by atoms with E-state index in [1.165, 1.54) is 16.7 Å². The standard InChI is InChI=1S/C16H26O/c1-4-8-13-11-7-12-14(9-5-2)16(13)15(17)10-6-3/h7,11-12,15,17H,4-6,8-10H2,1-3H3. The van der Waals surface area contributed by atoms with Crippen LogP contribution in [0.25, 0.3) is 0 Å². The van der Waals surface area contributed by atoms with Crippen LogP contribution in [0.3, 0.4) is 0 Å². The average Bonchev–Trinajstić information content (AvgIpc) is 2.30. The number of rotatable bonds is 7. The van der Waals surface area contributed by atoms with Crippen LogP contribution >= 0.6 is 0 Å². The van der Waals surface area contributed by atoms with Crippen LogP contribution in [-0.4, -0.2) is 5.11 Å². The summed E-state index contributed by atoms with van der Waals surface area (Å²) in [6.07, 6.45) is 6.07. The van der Waals surface area contributed by atoms with Crippen LogP contribution in [-0.2, 0) is 12.8 Å². The molecule has 0 aliphatic heterocycles. The van der Waals surface area contributed by atoms with Gasteiger partial charge in [0.1, 0.15) is 0 Å². The maximum absolute atomic E-state index is 10.3. The molecule has 0 radical (unpaired) electrons. The van der Waals surface area contributed by atoms with Crippen molar-refractivity contribution in [2.45, 2.75) is 65.4 Å². The molecule has 0 aliphatic carbocycles. The molecular weight excluding hydrogens is 208 g/mol. The molecule has 0 heterocycles. The Morgan fingerprint density at radius 2 is 1.47 bits per heavy atom. The van der Waals surface area contributed by atoms with Gasteiger partial charge in [-0.25, -0.2) is 0 Å². The third-order valence-corrected chi connectivity index (χ3v) is 3.22. The van der Waals surface area contributed by atoms with E-state index in [0.29, 0.717) is 0 Å². The maximum atomic E-state index is 10.3. The first kappa shape index (κ1) is 14.2. The molecule has 0 saturated carbocycles. The molecular formula is C16H26O. The number of hydrogen-bond acceptors (Lipinski definition) is 1. The Hall–Kier alpha value is -0.820. The van der Waals surface area contributed by atoms with Crippen molar-refractivity contribution in [3.05, 3.63) is 34.9 Å². The quantitative estimate of drug-likeness (QED) is 0.740. The number of hydrogen-bond donors (Lipinski definition) is 1. The summed E-state index contributed by atoms with van der Waals surface area (Å²) in [4.78, 5) is 0. The largest absolute Gasteiger partial charge is 0.388 e. The third-order valence-electron chi connectivity index (χ3n) is 3.22. The van der Waals surface area contributed by atoms with E-state index in [1.807, 2.05) is 0 Å². The molecule has 17 heavy (non-hydrogen) atoms. The van der Waals surface area contributed by atoms with E-state index >= 15 is 0 Å². The van der Waals surface area contributed by atoms with Gasteiger partial charge in [-0.05, 0) is 36.0 Å². The lowest BCUT2D eigenvalue weighted by Gasteiger charge is -2.19. The first-order chi connectivity index (χ1) is 8.24. The zero-order valence-electron chi connectivity index (χ0n) is 11.5. The highest BCUT2D eigenvalue weighted by Gasteiger charge is 2.15. The van der Waals surface area contributed by atoms with Crippen molar-refractivity contribution in [1.29, 1.82) is 0 Å². The topological polar surface area (TPSA) is 20.2 Å². The second-order valence-electron chi connectivity index (χ2n) is 4.79. The Bertz CT molecular complexity index is 306. The van der Waals surface area contributed by atoms with Crippen molar-refractivity contribution in [1.82, 2.24) is 0 Å². The lowest BCUT2D eigenvalue weighted by atomic mass is 9.90. The van der Waals surface area contributed by atoms with Gasteiger partial charge in [0, 0.05) is 0 Å². The first-order valence-electron chi connectivity index (χ1n) is 7.03. The van der Waals surface area contributed by atoms with E-state index < -0.39 is 0 Å². The molecule has 1 heteroatoms. The molecule has 96 valence electrons. The molecule has 0 fully saturated rings. The van der Waals surface area contributed by atoms with E-state index in [4.69, 9.17) is 0 Å². The van der Waals surface area contributed by atoms with Crippen molar-refractivity contribution in [2.75, 3.05) is 0 Å². The highest BCUT2D eigenvalue weighted by atomic mass is 16.3. The Labute approximate surface area is 106 Å². The van der Waals surface area contributed by atoms with Gasteiger partial charge in [0.15, 0.2) is 0 Å². The van der Waals surface area contributed by atoms with E-state index in [2.05, 4.69) is 39.0 Å². The van der Waals surface area contributed by atoms with Gasteiger partial charge in [0.2, 0.25) is 0 Å². The van der Waals surface area contributed by atoms with Crippen LogP contribution in [0.5, 0.6) is 0 Å². The van der Waals surface area contributed by atoms with Crippen LogP contribution in [0.2, 0.25) is 0 Å². The summed E-state index contributed by atoms with van der Waals surface area (Å²) in [7, 11) is 0. The number of aliphatic hydroxyl groups excluding tert-OH is 1. The molecule has 1 rings (SSSR count). The van der Waals surface area contributed by atoms with Gasteiger partial charge in [-0.3, -0.25) is 0 Å². The van der Waals surface area contributed by atoms with Crippen molar-refractivity contribution in [3.8, 4) is 0 Å². The second kappa shape index (κ2) is 7.50. The van der Waals surface area contributed by atoms with Crippen molar-refractivity contribution >= 4 is 0 Å². The van der Waals surface area contributed by atoms with Gasteiger partial charge in [-0.2, -0.15) is 0 Å². The molecule has 0 bridgehead atoms. The fourth-order valence-corrected chi connectivity index (χ4v) is 2.49. The molecule has 1 aromatic carbocycles. The molecule has 0 aromatic heterocycles. The van der Waals surface area contributed by atoms with Crippen LogP contribution in [0, 0.1) is 0 Å². The maximum Gasteiger partial charge on any atom is 0.0795 e. The summed E-state index contributed by atoms with van der Waals surface area (Å²) in [6.45, 7) is 6.52. The Balaban J connectivity index is 3.07. The molecule has 0 saturated heterocycles. The number of benzene rings is 1. The second-order valence-corrected chi connectivity index (χ2v) is 4.79. The lowest BCUT2D eigenvalue weighted by Crippen LogP contribution is -2.06. The molecule has 0 spiro atoms. The summed E-state index contributed by atoms with van der Waals surface area (Å²) in [5, 5.41) is 10.3. The van der Waals surface area contributed by atoms with E-state index in [-0.39, 0.29) is 6.10 Å². The Morgan fingerprint density at radius 1 is 0.941 bits per heavy atom. The average molecular weight is 234 g/mol. The van der Waals surface area contributed by atoms with E-state index in [1.54, 1.807) is 0 Å². The molecule has 0 amide bonds. The van der Waals surface area contributed by atoms with Crippen LogP contribution in [0.15, 0.2) is 18.2 Å². The van der Waals surface area contributed by atoms with E-state index in [9.17, 15) is 5.11 Å². The minimum absolute atomic E-state index is 0.274. The van der Waals surface area contributed by atoms with Gasteiger partial charge >= 0.3 is 0 Å². The fraction of sp³-hybridized carbons (Fsp3) is 0.625. The molecule has 0 aliphatic rings. The Kier molecular flexibility index (Phi) is 6.28. The van der Waals surface area contributed by atoms with Gasteiger partial charge in [-0.1, -0.05) is 58.2 Å². The molecule has 1 N–H and O–H groups in total. The van der Waals surface area contributed by atoms with Crippen LogP contribution in [0.1, 0.15) is 69.2 Å². The summed E-state index contributed by atoms with van der Waals surface area (Å²) in [5.41, 5.74) is 3.91. The zero-order chi connectivity index (χ0) is 12.7. The van der Waals surface area contributed by atoms with Crippen molar-refractivity contribution in [2.24, 2.45) is 0 Å². The molecule has 1 atom stereocenters. The van der Waals surface area contributed by atoms with Gasteiger partial charge in [0.25, 0.3) is 0 Å². The molecule has 1 aromatic rings. The third kappa shape index (κ3) is 3.85. The van der Waals surface area contributed by atoms with Crippen molar-refractivity contribution in [3.63, 3.8) is 0 Å². The predicted octanol–water partition coefficient (Wildman–Crippen LogP) is 4.43. The highest BCUT2D eigenvalue weighted by molar-refractivity contribution is 5.37. The minimum Gasteiger partial charge on any atom is -0.388 e. The lowest BCUT2D eigenvalue weighted by molar-refractivity contribution is 0.164. The zero-order valence-corrected chi connectivity index (χ0v) is 11.5. The summed E-state index contributed by atoms with van der Waals surface area (Å²) < 4.78 is 0. The summed E-state index contributed by atoms with van der Waals surface area (Å²) in [6, 6.07) is 6.49. The first-order valence-corrected chi connectivity index (χ1v) is 7.03. The fourth-order valence-electron chi connectivity index (χ4n) is 2.49. The number of aryl methyl sites for hydroxylation is 2. The van der Waals surface area contributed by atoms with Crippen LogP contribution < -0.4 is 0 Å². The highest BCUT2D eigenvalue weighted by Crippen LogP contribution is 2.28. The Morgan fingerprint density at radius 3 is 1.88 bits per heavy atom. The molecule has 1 nitrogen and oxygen atoms in total. The van der Waals surface area contributed by atoms with Gasteiger partial charge in [0.05, 0.1) is 6.10 Å². The normalized spacial score (nSPS) is 12.7. The minimum atomic E-state index is -0.274. The van der Waals surface area contributed by atoms with E-state index in [0.717, 1.165) is 38.5 Å². The smallest absolute Gasteiger partial charge is 0.0795 e. The summed E-state index contributed by atoms with van der Waals surface area (Å²) in [5.74, 6) is 0. The van der Waals surface area contributed by atoms with Gasteiger partial charge in [-0.15, -0.1) is 0 Å². The molecule has 1 unspecified atom stereocenters. The predicted molar refractivity (Wildman–Crippen MR) is 74.3 cm³/mol. The van der Waals surface area contributed by atoms with Gasteiger partial charge < -0.3 is 5.11 Å². The van der Waals surface area contributed by atoms with Crippen LogP contribution in [0.4, 0.5) is 0 Å². The van der Waals surface area contributed by atoms with Crippen molar-refractivity contribution < 1.29 is 5.11 Å². The monoisotopic (exact) mass is 234 g/mol. The SMILES string of the molecule is CCCc1cccc(CCC)c1C(O)CCC. The summed E-state index contributed by atoms with van der Waals surface area (Å²) >= 11 is 0. The number of aliphatic hydroxyl groups is 1.